The van der Waals surface area contributed by atoms with Crippen molar-refractivity contribution in [3.8, 4) is 5.75 Å². The first-order valence-electron chi connectivity index (χ1n) is 8.59. The zero-order valence-electron chi connectivity index (χ0n) is 14.6. The number of aryl methyl sites for hydroxylation is 2. The molecule has 3 nitrogen and oxygen atoms in total. The summed E-state index contributed by atoms with van der Waals surface area (Å²) in [6, 6.07) is 15.6. The number of benzene rings is 2. The zero-order chi connectivity index (χ0) is 17.6. The Bertz CT molecular complexity index is 937. The van der Waals surface area contributed by atoms with E-state index in [9.17, 15) is 4.79 Å². The maximum Gasteiger partial charge on any atom is 0.336 e. The van der Waals surface area contributed by atoms with Crippen LogP contribution in [0.1, 0.15) is 30.0 Å². The largest absolute Gasteiger partial charge is 0.489 e. The summed E-state index contributed by atoms with van der Waals surface area (Å²) in [6.07, 6.45) is 5.80. The molecule has 0 amide bonds. The Morgan fingerprint density at radius 2 is 1.92 bits per heavy atom. The molecule has 0 saturated heterocycles. The first kappa shape index (κ1) is 17.0. The molecule has 1 heterocycles. The molecule has 128 valence electrons. The van der Waals surface area contributed by atoms with Crippen molar-refractivity contribution in [2.45, 2.75) is 26.7 Å². The Balaban J connectivity index is 1.89. The van der Waals surface area contributed by atoms with Gasteiger partial charge in [0.25, 0.3) is 0 Å². The van der Waals surface area contributed by atoms with Crippen molar-refractivity contribution in [1.29, 1.82) is 0 Å². The third-order valence-electron chi connectivity index (χ3n) is 4.00. The molecule has 1 aromatic heterocycles. The van der Waals surface area contributed by atoms with E-state index in [0.717, 1.165) is 40.7 Å². The number of hydrogen-bond donors (Lipinski definition) is 0. The van der Waals surface area contributed by atoms with E-state index in [4.69, 9.17) is 9.15 Å². The van der Waals surface area contributed by atoms with Gasteiger partial charge in [-0.1, -0.05) is 49.8 Å². The molecule has 0 N–H and O–H groups in total. The smallest absolute Gasteiger partial charge is 0.336 e. The molecule has 25 heavy (non-hydrogen) atoms. The minimum Gasteiger partial charge on any atom is -0.489 e. The summed E-state index contributed by atoms with van der Waals surface area (Å²) < 4.78 is 11.4. The average Bonchev–Trinajstić information content (AvgIpc) is 2.59. The van der Waals surface area contributed by atoms with Crippen LogP contribution >= 0.6 is 0 Å². The molecule has 0 fully saturated rings. The molecule has 0 aliphatic carbocycles. The third kappa shape index (κ3) is 4.18. The van der Waals surface area contributed by atoms with E-state index in [-0.39, 0.29) is 5.63 Å². The summed E-state index contributed by atoms with van der Waals surface area (Å²) in [7, 11) is 0. The second-order valence-corrected chi connectivity index (χ2v) is 6.10. The molecular formula is C22H22O3. The highest BCUT2D eigenvalue weighted by Crippen LogP contribution is 2.30. The fourth-order valence-corrected chi connectivity index (χ4v) is 2.94. The first-order chi connectivity index (χ1) is 12.2. The summed E-state index contributed by atoms with van der Waals surface area (Å²) in [4.78, 5) is 11.8. The second-order valence-electron chi connectivity index (χ2n) is 6.10. The fraction of sp³-hybridized carbons (Fsp3) is 0.227. The number of ether oxygens (including phenoxy) is 1. The van der Waals surface area contributed by atoms with Crippen molar-refractivity contribution in [2.75, 3.05) is 6.61 Å². The minimum absolute atomic E-state index is 0.309. The highest BCUT2D eigenvalue weighted by Gasteiger charge is 2.12. The lowest BCUT2D eigenvalue weighted by molar-refractivity contribution is 0.367. The lowest BCUT2D eigenvalue weighted by Crippen LogP contribution is -2.03. The van der Waals surface area contributed by atoms with Crippen LogP contribution in [0.5, 0.6) is 5.75 Å². The molecule has 3 aromatic rings. The SMILES string of the molecule is CCCc1cc(=O)oc2cc(C)cc(OCC=Cc3ccccc3)c12. The Kier molecular flexibility index (Phi) is 5.34. The highest BCUT2D eigenvalue weighted by atomic mass is 16.5. The van der Waals surface area contributed by atoms with E-state index in [0.29, 0.717) is 12.2 Å². The maximum atomic E-state index is 11.8. The van der Waals surface area contributed by atoms with Crippen molar-refractivity contribution in [3.05, 3.63) is 81.7 Å². The Labute approximate surface area is 147 Å². The van der Waals surface area contributed by atoms with Crippen molar-refractivity contribution < 1.29 is 9.15 Å². The van der Waals surface area contributed by atoms with Gasteiger partial charge in [0, 0.05) is 6.07 Å². The molecule has 0 aliphatic rings. The van der Waals surface area contributed by atoms with Crippen LogP contribution in [0.2, 0.25) is 0 Å². The van der Waals surface area contributed by atoms with E-state index < -0.39 is 0 Å². The molecule has 2 aromatic carbocycles. The van der Waals surface area contributed by atoms with E-state index in [1.807, 2.05) is 61.5 Å². The third-order valence-corrected chi connectivity index (χ3v) is 4.00. The van der Waals surface area contributed by atoms with Gasteiger partial charge in [-0.25, -0.2) is 4.79 Å². The Hall–Kier alpha value is -2.81. The van der Waals surface area contributed by atoms with Crippen LogP contribution in [0.3, 0.4) is 0 Å². The Morgan fingerprint density at radius 3 is 2.68 bits per heavy atom. The molecule has 3 heteroatoms. The molecule has 0 spiro atoms. The first-order valence-corrected chi connectivity index (χ1v) is 8.59. The molecule has 0 aliphatic heterocycles. The van der Waals surface area contributed by atoms with Gasteiger partial charge >= 0.3 is 5.63 Å². The van der Waals surface area contributed by atoms with Gasteiger partial charge < -0.3 is 9.15 Å². The molecule has 0 unspecified atom stereocenters. The second kappa shape index (κ2) is 7.84. The van der Waals surface area contributed by atoms with Gasteiger partial charge in [-0.05, 0) is 48.2 Å². The van der Waals surface area contributed by atoms with E-state index in [1.165, 1.54) is 0 Å². The summed E-state index contributed by atoms with van der Waals surface area (Å²) in [5, 5.41) is 0.903. The van der Waals surface area contributed by atoms with E-state index in [1.54, 1.807) is 6.07 Å². The van der Waals surface area contributed by atoms with Gasteiger partial charge in [0.2, 0.25) is 0 Å². The summed E-state index contributed by atoms with van der Waals surface area (Å²) >= 11 is 0. The normalized spacial score (nSPS) is 11.3. The molecule has 0 atom stereocenters. The number of rotatable bonds is 6. The molecule has 0 radical (unpaired) electrons. The van der Waals surface area contributed by atoms with Gasteiger partial charge in [0.1, 0.15) is 17.9 Å². The topological polar surface area (TPSA) is 39.4 Å². The van der Waals surface area contributed by atoms with Crippen LogP contribution in [0.4, 0.5) is 0 Å². The standard InChI is InChI=1S/C22H22O3/c1-3-8-18-15-21(23)25-20-14-16(2)13-19(22(18)20)24-12-7-11-17-9-5-4-6-10-17/h4-7,9-11,13-15H,3,8,12H2,1-2H3. The number of fused-ring (bicyclic) bond motifs is 1. The van der Waals surface area contributed by atoms with Crippen molar-refractivity contribution in [2.24, 2.45) is 0 Å². The lowest BCUT2D eigenvalue weighted by atomic mass is 10.0. The van der Waals surface area contributed by atoms with Crippen LogP contribution in [-0.2, 0) is 6.42 Å². The van der Waals surface area contributed by atoms with Crippen LogP contribution in [0.15, 0.2) is 63.8 Å². The highest BCUT2D eigenvalue weighted by molar-refractivity contribution is 5.87. The van der Waals surface area contributed by atoms with Gasteiger partial charge in [-0.15, -0.1) is 0 Å². The number of hydrogen-bond acceptors (Lipinski definition) is 3. The predicted octanol–water partition coefficient (Wildman–Crippen LogP) is 5.15. The molecular weight excluding hydrogens is 312 g/mol. The van der Waals surface area contributed by atoms with E-state index in [2.05, 4.69) is 6.92 Å². The average molecular weight is 334 g/mol. The molecule has 0 bridgehead atoms. The van der Waals surface area contributed by atoms with Crippen LogP contribution in [-0.4, -0.2) is 6.61 Å². The summed E-state index contributed by atoms with van der Waals surface area (Å²) in [5.41, 5.74) is 3.41. The van der Waals surface area contributed by atoms with Crippen molar-refractivity contribution in [1.82, 2.24) is 0 Å². The van der Waals surface area contributed by atoms with Crippen LogP contribution in [0, 0.1) is 6.92 Å². The van der Waals surface area contributed by atoms with Crippen LogP contribution < -0.4 is 10.4 Å². The quantitative estimate of drug-likeness (QED) is 0.586. The maximum absolute atomic E-state index is 11.8. The summed E-state index contributed by atoms with van der Waals surface area (Å²) in [6.45, 7) is 4.52. The van der Waals surface area contributed by atoms with Crippen molar-refractivity contribution >= 4 is 17.0 Å². The minimum atomic E-state index is -0.309. The zero-order valence-corrected chi connectivity index (χ0v) is 14.6. The fourth-order valence-electron chi connectivity index (χ4n) is 2.94. The van der Waals surface area contributed by atoms with Gasteiger partial charge in [-0.3, -0.25) is 0 Å². The van der Waals surface area contributed by atoms with Gasteiger partial charge in [0.15, 0.2) is 0 Å². The lowest BCUT2D eigenvalue weighted by Gasteiger charge is -2.12. The summed E-state index contributed by atoms with van der Waals surface area (Å²) in [5.74, 6) is 0.764. The Morgan fingerprint density at radius 1 is 1.12 bits per heavy atom. The molecule has 3 rings (SSSR count). The van der Waals surface area contributed by atoms with E-state index >= 15 is 0 Å². The van der Waals surface area contributed by atoms with Gasteiger partial charge in [0.05, 0.1) is 5.39 Å². The monoisotopic (exact) mass is 334 g/mol. The van der Waals surface area contributed by atoms with Crippen molar-refractivity contribution in [3.63, 3.8) is 0 Å². The predicted molar refractivity (Wildman–Crippen MR) is 102 cm³/mol. The van der Waals surface area contributed by atoms with Gasteiger partial charge in [-0.2, -0.15) is 0 Å². The molecule has 0 saturated carbocycles. The van der Waals surface area contributed by atoms with Crippen LogP contribution in [0.25, 0.3) is 17.0 Å².